The van der Waals surface area contributed by atoms with Crippen LogP contribution in [0.2, 0.25) is 0 Å². The lowest BCUT2D eigenvalue weighted by Crippen LogP contribution is -2.22. The smallest absolute Gasteiger partial charge is 0.154 e. The lowest BCUT2D eigenvalue weighted by molar-refractivity contribution is 0.225. The van der Waals surface area contributed by atoms with Crippen LogP contribution in [0.5, 0.6) is 5.75 Å². The van der Waals surface area contributed by atoms with Crippen LogP contribution < -0.4 is 10.1 Å². The highest BCUT2D eigenvalue weighted by molar-refractivity contribution is 7.91. The standard InChI is InChI=1S/C15H23NO3S/c1-4-16-12(3)14-9-11(2)5-6-15(14)19-13-7-8-20(17,18)10-13/h5-6,9,12-13,16H,4,7-8,10H2,1-3H3. The molecule has 1 aliphatic heterocycles. The van der Waals surface area contributed by atoms with Gasteiger partial charge >= 0.3 is 0 Å². The highest BCUT2D eigenvalue weighted by atomic mass is 32.2. The van der Waals surface area contributed by atoms with E-state index in [9.17, 15) is 8.42 Å². The van der Waals surface area contributed by atoms with Crippen LogP contribution in [0.1, 0.15) is 37.4 Å². The summed E-state index contributed by atoms with van der Waals surface area (Å²) in [6.07, 6.45) is 0.376. The number of ether oxygens (including phenoxy) is 1. The van der Waals surface area contributed by atoms with Gasteiger partial charge in [0.1, 0.15) is 11.9 Å². The molecule has 2 rings (SSSR count). The van der Waals surface area contributed by atoms with Crippen LogP contribution in [-0.2, 0) is 9.84 Å². The molecule has 0 saturated carbocycles. The summed E-state index contributed by atoms with van der Waals surface area (Å²) in [5, 5.41) is 3.37. The van der Waals surface area contributed by atoms with Crippen LogP contribution in [0, 0.1) is 6.92 Å². The van der Waals surface area contributed by atoms with Gasteiger partial charge in [-0.3, -0.25) is 0 Å². The first-order valence-electron chi connectivity index (χ1n) is 7.12. The second-order valence-electron chi connectivity index (χ2n) is 5.46. The van der Waals surface area contributed by atoms with Crippen molar-refractivity contribution in [3.63, 3.8) is 0 Å². The largest absolute Gasteiger partial charge is 0.489 e. The van der Waals surface area contributed by atoms with Gasteiger partial charge < -0.3 is 10.1 Å². The van der Waals surface area contributed by atoms with Crippen LogP contribution in [0.25, 0.3) is 0 Å². The Bertz CT molecular complexity index is 568. The van der Waals surface area contributed by atoms with Gasteiger partial charge in [-0.2, -0.15) is 0 Å². The van der Waals surface area contributed by atoms with E-state index >= 15 is 0 Å². The molecule has 1 aromatic carbocycles. The van der Waals surface area contributed by atoms with Crippen molar-refractivity contribution in [2.75, 3.05) is 18.1 Å². The van der Waals surface area contributed by atoms with Crippen molar-refractivity contribution in [1.82, 2.24) is 5.32 Å². The topological polar surface area (TPSA) is 55.4 Å². The van der Waals surface area contributed by atoms with Gasteiger partial charge in [-0.15, -0.1) is 0 Å². The molecule has 1 heterocycles. The second-order valence-corrected chi connectivity index (χ2v) is 7.69. The molecule has 5 heteroatoms. The molecule has 1 fully saturated rings. The maximum absolute atomic E-state index is 11.5. The molecule has 0 amide bonds. The Morgan fingerprint density at radius 3 is 2.80 bits per heavy atom. The average Bonchev–Trinajstić information content (AvgIpc) is 2.71. The zero-order valence-corrected chi connectivity index (χ0v) is 13.2. The Hall–Kier alpha value is -1.07. The Labute approximate surface area is 121 Å². The van der Waals surface area contributed by atoms with E-state index in [2.05, 4.69) is 25.2 Å². The minimum absolute atomic E-state index is 0.135. The van der Waals surface area contributed by atoms with E-state index in [4.69, 9.17) is 4.74 Å². The van der Waals surface area contributed by atoms with Crippen LogP contribution in [0.15, 0.2) is 18.2 Å². The molecule has 112 valence electrons. The Balaban J connectivity index is 2.19. The maximum Gasteiger partial charge on any atom is 0.154 e. The summed E-state index contributed by atoms with van der Waals surface area (Å²) in [7, 11) is -2.91. The molecule has 20 heavy (non-hydrogen) atoms. The molecule has 2 unspecified atom stereocenters. The predicted molar refractivity (Wildman–Crippen MR) is 81.0 cm³/mol. The molecule has 0 bridgehead atoms. The molecule has 2 atom stereocenters. The molecule has 1 aliphatic rings. The quantitative estimate of drug-likeness (QED) is 0.905. The Kier molecular flexibility index (Phi) is 4.70. The number of sulfone groups is 1. The van der Waals surface area contributed by atoms with Crippen LogP contribution in [0.4, 0.5) is 0 Å². The van der Waals surface area contributed by atoms with Gasteiger partial charge in [-0.1, -0.05) is 24.6 Å². The minimum atomic E-state index is -2.91. The Morgan fingerprint density at radius 1 is 1.45 bits per heavy atom. The summed E-state index contributed by atoms with van der Waals surface area (Å²) in [5.74, 6) is 1.17. The number of hydrogen-bond donors (Lipinski definition) is 1. The first-order chi connectivity index (χ1) is 9.41. The van der Waals surface area contributed by atoms with Crippen molar-refractivity contribution in [2.45, 2.75) is 39.3 Å². The van der Waals surface area contributed by atoms with Crippen LogP contribution in [0.3, 0.4) is 0 Å². The molecule has 4 nitrogen and oxygen atoms in total. The lowest BCUT2D eigenvalue weighted by Gasteiger charge is -2.20. The third-order valence-electron chi connectivity index (χ3n) is 3.63. The van der Waals surface area contributed by atoms with Crippen LogP contribution >= 0.6 is 0 Å². The van der Waals surface area contributed by atoms with Gasteiger partial charge in [-0.25, -0.2) is 8.42 Å². The fourth-order valence-electron chi connectivity index (χ4n) is 2.56. The summed E-state index contributed by atoms with van der Waals surface area (Å²) in [5.41, 5.74) is 2.27. The minimum Gasteiger partial charge on any atom is -0.489 e. The first kappa shape index (κ1) is 15.3. The van der Waals surface area contributed by atoms with Crippen molar-refractivity contribution >= 4 is 9.84 Å². The van der Waals surface area contributed by atoms with Crippen LogP contribution in [-0.4, -0.2) is 32.6 Å². The van der Waals surface area contributed by atoms with E-state index in [1.807, 2.05) is 19.1 Å². The predicted octanol–water partition coefficient (Wildman–Crippen LogP) is 2.23. The highest BCUT2D eigenvalue weighted by Gasteiger charge is 2.30. The van der Waals surface area contributed by atoms with E-state index in [1.165, 1.54) is 5.56 Å². The van der Waals surface area contributed by atoms with Crippen molar-refractivity contribution in [3.05, 3.63) is 29.3 Å². The SMILES string of the molecule is CCNC(C)c1cc(C)ccc1OC1CCS(=O)(=O)C1. The van der Waals surface area contributed by atoms with Gasteiger partial charge in [0, 0.05) is 11.6 Å². The third-order valence-corrected chi connectivity index (χ3v) is 5.36. The van der Waals surface area contributed by atoms with Gasteiger partial charge in [0.05, 0.1) is 11.5 Å². The van der Waals surface area contributed by atoms with Crippen molar-refractivity contribution in [1.29, 1.82) is 0 Å². The summed E-state index contributed by atoms with van der Waals surface area (Å²) in [6.45, 7) is 7.09. The number of hydrogen-bond acceptors (Lipinski definition) is 4. The molecule has 0 radical (unpaired) electrons. The number of rotatable bonds is 5. The molecule has 0 aromatic heterocycles. The second kappa shape index (κ2) is 6.14. The average molecular weight is 297 g/mol. The lowest BCUT2D eigenvalue weighted by atomic mass is 10.0. The zero-order valence-electron chi connectivity index (χ0n) is 12.3. The number of nitrogens with one attached hydrogen (secondary N) is 1. The molecular weight excluding hydrogens is 274 g/mol. The van der Waals surface area contributed by atoms with Crippen molar-refractivity contribution < 1.29 is 13.2 Å². The summed E-state index contributed by atoms with van der Waals surface area (Å²) in [4.78, 5) is 0. The molecular formula is C15H23NO3S. The molecule has 1 saturated heterocycles. The number of benzene rings is 1. The third kappa shape index (κ3) is 3.73. The first-order valence-corrected chi connectivity index (χ1v) is 8.94. The zero-order chi connectivity index (χ0) is 14.8. The van der Waals surface area contributed by atoms with Crippen molar-refractivity contribution in [3.8, 4) is 5.75 Å². The normalized spacial score (nSPS) is 22.6. The summed E-state index contributed by atoms with van der Waals surface area (Å²) < 4.78 is 29.0. The summed E-state index contributed by atoms with van der Waals surface area (Å²) >= 11 is 0. The van der Waals surface area contributed by atoms with E-state index in [1.54, 1.807) is 0 Å². The Morgan fingerprint density at radius 2 is 2.20 bits per heavy atom. The number of aryl methyl sites for hydroxylation is 1. The monoisotopic (exact) mass is 297 g/mol. The molecule has 0 aliphatic carbocycles. The fraction of sp³-hybridized carbons (Fsp3) is 0.600. The highest BCUT2D eigenvalue weighted by Crippen LogP contribution is 2.29. The van der Waals surface area contributed by atoms with Gasteiger partial charge in [0.25, 0.3) is 0 Å². The van der Waals surface area contributed by atoms with E-state index in [0.717, 1.165) is 17.9 Å². The molecule has 1 N–H and O–H groups in total. The van der Waals surface area contributed by atoms with E-state index in [-0.39, 0.29) is 23.7 Å². The van der Waals surface area contributed by atoms with E-state index < -0.39 is 9.84 Å². The van der Waals surface area contributed by atoms with Gasteiger partial charge in [-0.05, 0) is 32.9 Å². The maximum atomic E-state index is 11.5. The van der Waals surface area contributed by atoms with Gasteiger partial charge in [0.2, 0.25) is 0 Å². The van der Waals surface area contributed by atoms with Gasteiger partial charge in [0.15, 0.2) is 9.84 Å². The van der Waals surface area contributed by atoms with E-state index in [0.29, 0.717) is 6.42 Å². The molecule has 1 aromatic rings. The van der Waals surface area contributed by atoms with Crippen molar-refractivity contribution in [2.24, 2.45) is 0 Å². The fourth-order valence-corrected chi connectivity index (χ4v) is 4.15. The molecule has 0 spiro atoms. The summed E-state index contributed by atoms with van der Waals surface area (Å²) in [6, 6.07) is 6.24.